The normalized spacial score (nSPS) is 19.5. The maximum atomic E-state index is 5.90. The van der Waals surface area contributed by atoms with Crippen LogP contribution in [0.3, 0.4) is 0 Å². The molecule has 1 saturated heterocycles. The minimum atomic E-state index is 0.0845. The van der Waals surface area contributed by atoms with Crippen molar-refractivity contribution in [3.63, 3.8) is 0 Å². The van der Waals surface area contributed by atoms with Gasteiger partial charge < -0.3 is 9.14 Å². The van der Waals surface area contributed by atoms with E-state index in [4.69, 9.17) is 9.72 Å². The van der Waals surface area contributed by atoms with Crippen molar-refractivity contribution in [3.05, 3.63) is 51.9 Å². The average Bonchev–Trinajstić information content (AvgIpc) is 3.14. The molecular formula is C17H20N4OS. The van der Waals surface area contributed by atoms with Crippen molar-refractivity contribution in [2.24, 2.45) is 0 Å². The molecule has 1 atom stereocenters. The topological polar surface area (TPSA) is 42.7 Å². The molecule has 0 N–H and O–H groups in total. The number of hydrogen-bond donors (Lipinski definition) is 0. The highest BCUT2D eigenvalue weighted by Crippen LogP contribution is 2.26. The molecule has 0 unspecified atom stereocenters. The highest BCUT2D eigenvalue weighted by Gasteiger charge is 2.24. The van der Waals surface area contributed by atoms with Gasteiger partial charge in [-0.25, -0.2) is 9.97 Å². The number of rotatable bonds is 3. The van der Waals surface area contributed by atoms with Crippen LogP contribution in [-0.4, -0.2) is 39.0 Å². The first kappa shape index (κ1) is 14.8. The monoisotopic (exact) mass is 328 g/mol. The highest BCUT2D eigenvalue weighted by atomic mass is 32.1. The smallest absolute Gasteiger partial charge is 0.137 e. The third-order valence-electron chi connectivity index (χ3n) is 4.19. The molecule has 5 nitrogen and oxygen atoms in total. The summed E-state index contributed by atoms with van der Waals surface area (Å²) in [4.78, 5) is 11.7. The molecule has 0 aromatic carbocycles. The van der Waals surface area contributed by atoms with Crippen molar-refractivity contribution in [2.75, 3.05) is 19.7 Å². The van der Waals surface area contributed by atoms with Crippen LogP contribution in [0, 0.1) is 13.8 Å². The van der Waals surface area contributed by atoms with Crippen LogP contribution < -0.4 is 0 Å². The fourth-order valence-electron chi connectivity index (χ4n) is 3.02. The van der Waals surface area contributed by atoms with Crippen LogP contribution in [0.1, 0.15) is 28.2 Å². The van der Waals surface area contributed by atoms with E-state index < -0.39 is 0 Å². The van der Waals surface area contributed by atoms with Crippen LogP contribution in [0.25, 0.3) is 5.65 Å². The number of hydrogen-bond acceptors (Lipinski definition) is 5. The molecule has 0 radical (unpaired) electrons. The van der Waals surface area contributed by atoms with Gasteiger partial charge in [0.1, 0.15) is 16.8 Å². The Balaban J connectivity index is 1.50. The minimum absolute atomic E-state index is 0.0845. The fraction of sp³-hybridized carbons (Fsp3) is 0.412. The molecule has 4 rings (SSSR count). The number of morpholine rings is 1. The predicted octanol–water partition coefficient (Wildman–Crippen LogP) is 2.98. The quantitative estimate of drug-likeness (QED) is 0.741. The Morgan fingerprint density at radius 3 is 3.00 bits per heavy atom. The predicted molar refractivity (Wildman–Crippen MR) is 90.8 cm³/mol. The van der Waals surface area contributed by atoms with Gasteiger partial charge >= 0.3 is 0 Å². The standard InChI is InChI=1S/C17H20N4OS/c1-12-11-23-17(18-12)15-10-20(6-7-22-15)8-14-9-21-13(2)4-3-5-16(21)19-14/h3-5,9,11,15H,6-8,10H2,1-2H3/t15-/m0/s1. The summed E-state index contributed by atoms with van der Waals surface area (Å²) in [5.41, 5.74) is 4.40. The number of nitrogens with zero attached hydrogens (tertiary/aromatic N) is 4. The summed E-state index contributed by atoms with van der Waals surface area (Å²) in [6, 6.07) is 6.21. The van der Waals surface area contributed by atoms with E-state index in [-0.39, 0.29) is 6.10 Å². The van der Waals surface area contributed by atoms with Gasteiger partial charge in [0.05, 0.1) is 12.3 Å². The minimum Gasteiger partial charge on any atom is -0.368 e. The van der Waals surface area contributed by atoms with E-state index in [1.54, 1.807) is 11.3 Å². The summed E-state index contributed by atoms with van der Waals surface area (Å²) in [6.45, 7) is 7.54. The van der Waals surface area contributed by atoms with Gasteiger partial charge in [-0.1, -0.05) is 6.07 Å². The Morgan fingerprint density at radius 2 is 2.22 bits per heavy atom. The van der Waals surface area contributed by atoms with E-state index in [0.717, 1.165) is 48.3 Å². The molecule has 0 bridgehead atoms. The van der Waals surface area contributed by atoms with E-state index in [2.05, 4.69) is 51.0 Å². The molecule has 0 saturated carbocycles. The molecule has 1 aliphatic heterocycles. The lowest BCUT2D eigenvalue weighted by molar-refractivity contribution is -0.0333. The molecule has 6 heteroatoms. The molecule has 0 spiro atoms. The number of thiazole rings is 1. The second-order valence-corrected chi connectivity index (χ2v) is 6.94. The third-order valence-corrected chi connectivity index (χ3v) is 5.25. The van der Waals surface area contributed by atoms with Crippen molar-refractivity contribution in [1.29, 1.82) is 0 Å². The maximum Gasteiger partial charge on any atom is 0.137 e. The van der Waals surface area contributed by atoms with E-state index in [0.29, 0.717) is 0 Å². The Bertz CT molecular complexity index is 825. The van der Waals surface area contributed by atoms with Gasteiger partial charge in [0.2, 0.25) is 0 Å². The molecule has 3 aromatic heterocycles. The van der Waals surface area contributed by atoms with Gasteiger partial charge in [0, 0.05) is 42.6 Å². The lowest BCUT2D eigenvalue weighted by Crippen LogP contribution is -2.37. The van der Waals surface area contributed by atoms with Gasteiger partial charge in [0.25, 0.3) is 0 Å². The zero-order valence-corrected chi connectivity index (χ0v) is 14.2. The number of pyridine rings is 1. The van der Waals surface area contributed by atoms with Crippen molar-refractivity contribution in [3.8, 4) is 0 Å². The lowest BCUT2D eigenvalue weighted by atomic mass is 10.2. The lowest BCUT2D eigenvalue weighted by Gasteiger charge is -2.31. The van der Waals surface area contributed by atoms with Crippen molar-refractivity contribution < 1.29 is 4.74 Å². The summed E-state index contributed by atoms with van der Waals surface area (Å²) >= 11 is 1.69. The number of imidazole rings is 1. The molecule has 4 heterocycles. The zero-order chi connectivity index (χ0) is 15.8. The molecule has 1 aliphatic rings. The van der Waals surface area contributed by atoms with E-state index >= 15 is 0 Å². The van der Waals surface area contributed by atoms with Crippen LogP contribution >= 0.6 is 11.3 Å². The summed E-state index contributed by atoms with van der Waals surface area (Å²) in [5, 5.41) is 3.17. The zero-order valence-electron chi connectivity index (χ0n) is 13.4. The summed E-state index contributed by atoms with van der Waals surface area (Å²) in [6.07, 6.45) is 2.23. The number of aryl methyl sites for hydroxylation is 2. The van der Waals surface area contributed by atoms with Crippen molar-refractivity contribution in [2.45, 2.75) is 26.5 Å². The number of aromatic nitrogens is 3. The van der Waals surface area contributed by atoms with Gasteiger partial charge in [-0.2, -0.15) is 0 Å². The number of ether oxygens (including phenoxy) is 1. The third kappa shape index (κ3) is 3.02. The Labute approximate surface area is 139 Å². The fourth-order valence-corrected chi connectivity index (χ4v) is 3.85. The number of fused-ring (bicyclic) bond motifs is 1. The molecule has 1 fully saturated rings. The van der Waals surface area contributed by atoms with E-state index in [1.807, 2.05) is 6.92 Å². The van der Waals surface area contributed by atoms with Gasteiger partial charge in [-0.3, -0.25) is 4.90 Å². The molecule has 0 aliphatic carbocycles. The SMILES string of the molecule is Cc1csc([C@@H]2CN(Cc3cn4c(C)cccc4n3)CCO2)n1. The average molecular weight is 328 g/mol. The van der Waals surface area contributed by atoms with E-state index in [1.165, 1.54) is 5.69 Å². The Kier molecular flexibility index (Phi) is 3.88. The van der Waals surface area contributed by atoms with Crippen LogP contribution in [0.4, 0.5) is 0 Å². The summed E-state index contributed by atoms with van der Waals surface area (Å²) in [5.74, 6) is 0. The van der Waals surface area contributed by atoms with Gasteiger partial charge in [-0.15, -0.1) is 11.3 Å². The Hall–Kier alpha value is -1.76. The second-order valence-electron chi connectivity index (χ2n) is 6.05. The van der Waals surface area contributed by atoms with Gasteiger partial charge in [-0.05, 0) is 26.0 Å². The largest absolute Gasteiger partial charge is 0.368 e. The molecule has 0 amide bonds. The van der Waals surface area contributed by atoms with Crippen LogP contribution in [0.15, 0.2) is 29.8 Å². The summed E-state index contributed by atoms with van der Waals surface area (Å²) in [7, 11) is 0. The molecular weight excluding hydrogens is 308 g/mol. The first-order chi connectivity index (χ1) is 11.2. The second kappa shape index (κ2) is 6.03. The first-order valence-electron chi connectivity index (χ1n) is 7.88. The van der Waals surface area contributed by atoms with Crippen LogP contribution in [-0.2, 0) is 11.3 Å². The molecule has 23 heavy (non-hydrogen) atoms. The molecule has 120 valence electrons. The first-order valence-corrected chi connectivity index (χ1v) is 8.76. The van der Waals surface area contributed by atoms with Crippen LogP contribution in [0.5, 0.6) is 0 Å². The van der Waals surface area contributed by atoms with E-state index in [9.17, 15) is 0 Å². The highest BCUT2D eigenvalue weighted by molar-refractivity contribution is 7.09. The maximum absolute atomic E-state index is 5.90. The van der Waals surface area contributed by atoms with Gasteiger partial charge in [0.15, 0.2) is 0 Å². The van der Waals surface area contributed by atoms with Crippen molar-refractivity contribution in [1.82, 2.24) is 19.3 Å². The molecule has 3 aromatic rings. The van der Waals surface area contributed by atoms with Crippen molar-refractivity contribution >= 4 is 17.0 Å². The Morgan fingerprint density at radius 1 is 1.30 bits per heavy atom. The summed E-state index contributed by atoms with van der Waals surface area (Å²) < 4.78 is 8.05. The van der Waals surface area contributed by atoms with Crippen LogP contribution in [0.2, 0.25) is 0 Å².